The molecule has 2 atom stereocenters. The minimum atomic E-state index is -0.176. The van der Waals surface area contributed by atoms with E-state index in [9.17, 15) is 9.59 Å². The van der Waals surface area contributed by atoms with Crippen molar-refractivity contribution in [1.82, 2.24) is 4.90 Å². The monoisotopic (exact) mass is 208 g/mol. The number of rotatable bonds is 1. The average molecular weight is 208 g/mol. The number of imide groups is 1. The third-order valence-corrected chi connectivity index (χ3v) is 4.06. The Hall–Kier alpha value is -0.900. The molecule has 0 aromatic heterocycles. The normalized spacial score (nSPS) is 40.9. The molecule has 3 rings (SSSR count). The number of piperidine rings is 1. The number of likely N-dealkylation sites (tertiary alicyclic amines) is 1. The van der Waals surface area contributed by atoms with E-state index in [1.807, 2.05) is 0 Å². The summed E-state index contributed by atoms with van der Waals surface area (Å²) in [5.41, 5.74) is 5.68. The van der Waals surface area contributed by atoms with Gasteiger partial charge in [0.25, 0.3) is 0 Å². The van der Waals surface area contributed by atoms with Crippen LogP contribution in [-0.4, -0.2) is 28.8 Å². The minimum Gasteiger partial charge on any atom is -0.326 e. The number of carbonyl (C=O) groups excluding carboxylic acids is 2. The van der Waals surface area contributed by atoms with Gasteiger partial charge < -0.3 is 5.73 Å². The highest BCUT2D eigenvalue weighted by molar-refractivity contribution is 6.10. The fourth-order valence-electron chi connectivity index (χ4n) is 3.10. The van der Waals surface area contributed by atoms with E-state index in [2.05, 4.69) is 0 Å². The van der Waals surface area contributed by atoms with Gasteiger partial charge in [-0.25, -0.2) is 0 Å². The number of hydrogen-bond acceptors (Lipinski definition) is 3. The summed E-state index contributed by atoms with van der Waals surface area (Å²) in [6.45, 7) is 0. The summed E-state index contributed by atoms with van der Waals surface area (Å²) in [5.74, 6) is -0.326. The van der Waals surface area contributed by atoms with E-state index in [1.165, 1.54) is 11.3 Å². The highest BCUT2D eigenvalue weighted by Crippen LogP contribution is 2.47. The van der Waals surface area contributed by atoms with E-state index >= 15 is 0 Å². The fraction of sp³-hybridized carbons (Fsp3) is 0.818. The van der Waals surface area contributed by atoms with E-state index in [-0.39, 0.29) is 35.7 Å². The Morgan fingerprint density at radius 3 is 2.07 bits per heavy atom. The second kappa shape index (κ2) is 3.04. The van der Waals surface area contributed by atoms with Gasteiger partial charge in [0.05, 0.1) is 11.8 Å². The zero-order valence-corrected chi connectivity index (χ0v) is 8.69. The van der Waals surface area contributed by atoms with E-state index in [4.69, 9.17) is 5.73 Å². The average Bonchev–Trinajstić information content (AvgIpc) is 2.83. The Morgan fingerprint density at radius 1 is 1.00 bits per heavy atom. The molecule has 3 fully saturated rings. The Kier molecular flexibility index (Phi) is 1.89. The Balaban J connectivity index is 1.77. The molecule has 2 N–H and O–H groups in total. The summed E-state index contributed by atoms with van der Waals surface area (Å²) in [6, 6.07) is 0.00332. The van der Waals surface area contributed by atoms with Gasteiger partial charge in [-0.15, -0.1) is 0 Å². The molecule has 0 radical (unpaired) electrons. The van der Waals surface area contributed by atoms with Crippen LogP contribution in [0.4, 0.5) is 0 Å². The van der Waals surface area contributed by atoms with Crippen LogP contribution < -0.4 is 5.73 Å². The maximum absolute atomic E-state index is 11.9. The van der Waals surface area contributed by atoms with E-state index in [1.54, 1.807) is 0 Å². The van der Waals surface area contributed by atoms with Gasteiger partial charge in [-0.2, -0.15) is 0 Å². The van der Waals surface area contributed by atoms with Crippen LogP contribution in [0.25, 0.3) is 0 Å². The van der Waals surface area contributed by atoms with Crippen molar-refractivity contribution in [1.29, 1.82) is 0 Å². The number of nitrogens with zero attached hydrogens (tertiary/aromatic N) is 1. The fourth-order valence-corrected chi connectivity index (χ4v) is 3.10. The Morgan fingerprint density at radius 2 is 1.53 bits per heavy atom. The molecule has 2 aliphatic carbocycles. The molecule has 2 amide bonds. The molecular weight excluding hydrogens is 192 g/mol. The van der Waals surface area contributed by atoms with Crippen molar-refractivity contribution in [3.8, 4) is 0 Å². The van der Waals surface area contributed by atoms with Crippen LogP contribution >= 0.6 is 0 Å². The standard InChI is InChI=1S/C11H16N2O2/c12-9-7-8(9)11(15)13(10(7)14)6-4-2-1-3-5-6/h6-9H,1-5,12H2. The number of fused-ring (bicyclic) bond motifs is 1. The summed E-state index contributed by atoms with van der Waals surface area (Å²) < 4.78 is 0. The van der Waals surface area contributed by atoms with Crippen LogP contribution in [0.2, 0.25) is 0 Å². The molecule has 15 heavy (non-hydrogen) atoms. The molecule has 0 spiro atoms. The zero-order chi connectivity index (χ0) is 10.6. The first-order chi connectivity index (χ1) is 7.22. The summed E-state index contributed by atoms with van der Waals surface area (Å²) >= 11 is 0. The smallest absolute Gasteiger partial charge is 0.235 e. The van der Waals surface area contributed by atoms with Crippen molar-refractivity contribution in [3.05, 3.63) is 0 Å². The molecular formula is C11H16N2O2. The first-order valence-corrected chi connectivity index (χ1v) is 5.84. The molecule has 2 unspecified atom stereocenters. The van der Waals surface area contributed by atoms with Crippen molar-refractivity contribution in [2.45, 2.75) is 44.2 Å². The first kappa shape index (κ1) is 9.33. The van der Waals surface area contributed by atoms with E-state index in [0.717, 1.165) is 25.7 Å². The highest BCUT2D eigenvalue weighted by atomic mass is 16.2. The topological polar surface area (TPSA) is 63.4 Å². The highest BCUT2D eigenvalue weighted by Gasteiger charge is 2.66. The maximum Gasteiger partial charge on any atom is 0.235 e. The number of carbonyl (C=O) groups is 2. The van der Waals surface area contributed by atoms with Gasteiger partial charge >= 0.3 is 0 Å². The maximum atomic E-state index is 11.9. The van der Waals surface area contributed by atoms with Gasteiger partial charge in [0.1, 0.15) is 0 Å². The summed E-state index contributed by atoms with van der Waals surface area (Å²) in [4.78, 5) is 25.3. The van der Waals surface area contributed by atoms with Crippen molar-refractivity contribution in [2.75, 3.05) is 0 Å². The second-order valence-corrected chi connectivity index (χ2v) is 4.97. The van der Waals surface area contributed by atoms with Gasteiger partial charge in [0.2, 0.25) is 11.8 Å². The molecule has 82 valence electrons. The van der Waals surface area contributed by atoms with Crippen LogP contribution in [0.15, 0.2) is 0 Å². The van der Waals surface area contributed by atoms with Crippen LogP contribution in [0, 0.1) is 11.8 Å². The number of hydrogen-bond donors (Lipinski definition) is 1. The molecule has 2 saturated carbocycles. The van der Waals surface area contributed by atoms with Crippen molar-refractivity contribution >= 4 is 11.8 Å². The predicted octanol–water partition coefficient (Wildman–Crippen LogP) is 0.261. The van der Waals surface area contributed by atoms with Crippen molar-refractivity contribution < 1.29 is 9.59 Å². The van der Waals surface area contributed by atoms with E-state index < -0.39 is 0 Å². The van der Waals surface area contributed by atoms with Crippen LogP contribution in [0.5, 0.6) is 0 Å². The SMILES string of the molecule is NC1C2C(=O)N(C3CCCCC3)C(=O)C12. The molecule has 4 nitrogen and oxygen atoms in total. The van der Waals surface area contributed by atoms with Gasteiger partial charge in [-0.3, -0.25) is 14.5 Å². The lowest BCUT2D eigenvalue weighted by atomic mass is 9.94. The zero-order valence-electron chi connectivity index (χ0n) is 8.69. The Labute approximate surface area is 88.8 Å². The molecule has 1 saturated heterocycles. The third kappa shape index (κ3) is 1.17. The minimum absolute atomic E-state index is 0.00407. The third-order valence-electron chi connectivity index (χ3n) is 4.06. The first-order valence-electron chi connectivity index (χ1n) is 5.84. The lowest BCUT2D eigenvalue weighted by molar-refractivity contribution is -0.145. The Bertz CT molecular complexity index is 301. The van der Waals surface area contributed by atoms with Crippen LogP contribution in [0.1, 0.15) is 32.1 Å². The van der Waals surface area contributed by atoms with Crippen molar-refractivity contribution in [3.63, 3.8) is 0 Å². The summed E-state index contributed by atoms with van der Waals surface area (Å²) in [5, 5.41) is 0. The molecule has 0 aromatic rings. The number of nitrogens with two attached hydrogens (primary N) is 1. The molecule has 3 aliphatic rings. The molecule has 1 heterocycles. The lowest BCUT2D eigenvalue weighted by Crippen LogP contribution is -2.45. The van der Waals surface area contributed by atoms with Gasteiger partial charge in [0, 0.05) is 12.1 Å². The molecule has 4 heteroatoms. The van der Waals surface area contributed by atoms with Crippen LogP contribution in [0.3, 0.4) is 0 Å². The van der Waals surface area contributed by atoms with Gasteiger partial charge in [-0.05, 0) is 12.8 Å². The lowest BCUT2D eigenvalue weighted by Gasteiger charge is -2.31. The number of amides is 2. The van der Waals surface area contributed by atoms with Crippen LogP contribution in [-0.2, 0) is 9.59 Å². The van der Waals surface area contributed by atoms with Crippen molar-refractivity contribution in [2.24, 2.45) is 17.6 Å². The largest absolute Gasteiger partial charge is 0.326 e. The molecule has 0 aromatic carbocycles. The van der Waals surface area contributed by atoms with Gasteiger partial charge in [0.15, 0.2) is 0 Å². The predicted molar refractivity (Wildman–Crippen MR) is 53.7 cm³/mol. The summed E-state index contributed by atoms with van der Waals surface area (Å²) in [6.07, 6.45) is 5.50. The van der Waals surface area contributed by atoms with Gasteiger partial charge in [-0.1, -0.05) is 19.3 Å². The molecule has 0 bridgehead atoms. The summed E-state index contributed by atoms with van der Waals surface area (Å²) in [7, 11) is 0. The second-order valence-electron chi connectivity index (χ2n) is 4.97. The molecule has 1 aliphatic heterocycles. The quantitative estimate of drug-likeness (QED) is 0.629. The van der Waals surface area contributed by atoms with E-state index in [0.29, 0.717) is 0 Å².